The molecule has 0 amide bonds. The van der Waals surface area contributed by atoms with Gasteiger partial charge in [0.15, 0.2) is 0 Å². The van der Waals surface area contributed by atoms with Crippen LogP contribution in [-0.2, 0) is 37.9 Å². The van der Waals surface area contributed by atoms with E-state index in [1.165, 1.54) is 48.5 Å². The minimum atomic E-state index is -4.03. The summed E-state index contributed by atoms with van der Waals surface area (Å²) < 4.78 is 107. The molecule has 0 aromatic heterocycles. The number of benzene rings is 4. The molecule has 0 atom stereocenters. The third-order valence-corrected chi connectivity index (χ3v) is 8.89. The van der Waals surface area contributed by atoms with Gasteiger partial charge in [-0.25, -0.2) is 38.4 Å². The monoisotopic (exact) mass is 888 g/mol. The van der Waals surface area contributed by atoms with Crippen LogP contribution in [0.15, 0.2) is 97.1 Å². The summed E-state index contributed by atoms with van der Waals surface area (Å²) in [6.45, 7) is -8.00. The van der Waals surface area contributed by atoms with Gasteiger partial charge in [-0.15, -0.1) is 0 Å². The Balaban J connectivity index is 1.20. The van der Waals surface area contributed by atoms with Crippen LogP contribution < -0.4 is 0 Å². The van der Waals surface area contributed by atoms with Gasteiger partial charge in [0, 0.05) is 5.48 Å². The van der Waals surface area contributed by atoms with Gasteiger partial charge in [-0.2, -0.15) is 0 Å². The molecule has 336 valence electrons. The second-order valence-electron chi connectivity index (χ2n) is 13.5. The summed E-state index contributed by atoms with van der Waals surface area (Å²) in [4.78, 5) is 101. The molecule has 0 spiro atoms. The highest BCUT2D eigenvalue weighted by atomic mass is 16.6. The zero-order chi connectivity index (χ0) is 52.7. The normalized spacial score (nSPS) is 22.0. The molecule has 0 aliphatic carbocycles. The van der Waals surface area contributed by atoms with Crippen molar-refractivity contribution >= 4 is 47.8 Å². The van der Waals surface area contributed by atoms with E-state index in [9.17, 15) is 38.4 Å². The van der Waals surface area contributed by atoms with Crippen LogP contribution in [0.5, 0.6) is 0 Å². The SMILES string of the molecule is [2H]C1([2H])OC(=O)c2ccc(cc2)C(=O)OCCCCOC(=O)c2ccc(cc2)C(=O)OCCCCOC(=O)c2ccc(cc2)C(=O)OCCCCOC(=O)c2ccc(cc2)C(=O)OC([2H])([2H])C([2H])([2H])C1([2H])[2H]. The van der Waals surface area contributed by atoms with E-state index in [4.69, 9.17) is 39.4 Å². The minimum Gasteiger partial charge on any atom is -0.462 e. The Bertz CT molecular complexity index is 2410. The lowest BCUT2D eigenvalue weighted by Gasteiger charge is -2.09. The number of carbonyl (C=O) groups is 8. The quantitative estimate of drug-likeness (QED) is 0.126. The van der Waals surface area contributed by atoms with Crippen LogP contribution in [0.25, 0.3) is 0 Å². The predicted octanol–water partition coefficient (Wildman–Crippen LogP) is 7.18. The van der Waals surface area contributed by atoms with Gasteiger partial charge in [-0.1, -0.05) is 0 Å². The predicted molar refractivity (Wildman–Crippen MR) is 225 cm³/mol. The second kappa shape index (κ2) is 25.5. The number of ether oxygens (including phenoxy) is 8. The second-order valence-corrected chi connectivity index (χ2v) is 13.5. The van der Waals surface area contributed by atoms with Gasteiger partial charge in [0.05, 0.1) is 103 Å². The average Bonchev–Trinajstić information content (AvgIpc) is 3.36. The van der Waals surface area contributed by atoms with Crippen molar-refractivity contribution < 1.29 is 87.2 Å². The first kappa shape index (κ1) is 37.2. The van der Waals surface area contributed by atoms with E-state index in [2.05, 4.69) is 9.47 Å². The van der Waals surface area contributed by atoms with E-state index >= 15 is 0 Å². The van der Waals surface area contributed by atoms with Gasteiger partial charge in [0.1, 0.15) is 0 Å². The van der Waals surface area contributed by atoms with Crippen LogP contribution in [0, 0.1) is 0 Å². The molecule has 11 rings (SSSR count). The fourth-order valence-electron chi connectivity index (χ4n) is 5.38. The molecule has 4 aromatic carbocycles. The highest BCUT2D eigenvalue weighted by molar-refractivity contribution is 5.95. The molecule has 7 aliphatic heterocycles. The molecular weight excluding hydrogens is 833 g/mol. The van der Waals surface area contributed by atoms with E-state index in [0.717, 1.165) is 48.5 Å². The Labute approximate surface area is 380 Å². The van der Waals surface area contributed by atoms with Crippen LogP contribution >= 0.6 is 0 Å². The highest BCUT2D eigenvalue weighted by Gasteiger charge is 2.16. The Morgan fingerprint density at radius 3 is 0.547 bits per heavy atom. The van der Waals surface area contributed by atoms with Gasteiger partial charge in [0.2, 0.25) is 0 Å². The summed E-state index contributed by atoms with van der Waals surface area (Å²) in [5.41, 5.74) is -0.238. The van der Waals surface area contributed by atoms with E-state index in [1.807, 2.05) is 0 Å². The fourth-order valence-corrected chi connectivity index (χ4v) is 5.38. The maximum absolute atomic E-state index is 12.9. The topological polar surface area (TPSA) is 210 Å². The zero-order valence-electron chi connectivity index (χ0n) is 42.3. The van der Waals surface area contributed by atoms with Gasteiger partial charge in [-0.05, 0) is 148 Å². The lowest BCUT2D eigenvalue weighted by Crippen LogP contribution is -2.12. The summed E-state index contributed by atoms with van der Waals surface area (Å²) in [7, 11) is 0. The van der Waals surface area contributed by atoms with Crippen molar-refractivity contribution in [3.8, 4) is 0 Å². The molecule has 0 fully saturated rings. The van der Waals surface area contributed by atoms with Crippen molar-refractivity contribution in [2.75, 3.05) is 52.8 Å². The molecule has 7 heterocycles. The molecule has 16 heteroatoms. The molecule has 16 nitrogen and oxygen atoms in total. The Kier molecular flexibility index (Phi) is 14.9. The standard InChI is InChI=1S/C48H48O16/c49-41-33-9-11-35(12-10-33)43(51)59-27-3-4-29-61-45(53)37-17-19-39(20-18-37)47(55)63-31-7-8-32-64-48(56)40-23-21-38(22-24-40)46(54)62-30-6-5-28-60-44(52)36-15-13-34(14-16-36)42(50)58-26-2-1-25-57-41/h9-24H,1-8,25-32H2/i1D2,2D2,25D2,26D2. The van der Waals surface area contributed by atoms with Crippen LogP contribution in [0.1, 0.15) is 145 Å². The molecule has 8 bridgehead atoms. The van der Waals surface area contributed by atoms with Crippen molar-refractivity contribution in [1.82, 2.24) is 0 Å². The fraction of sp³-hybridized carbons (Fsp3) is 0.333. The molecule has 0 unspecified atom stereocenters. The third-order valence-electron chi connectivity index (χ3n) is 8.89. The van der Waals surface area contributed by atoms with Gasteiger partial charge < -0.3 is 37.9 Å². The van der Waals surface area contributed by atoms with Gasteiger partial charge in [-0.3, -0.25) is 0 Å². The largest absolute Gasteiger partial charge is 0.462 e. The Morgan fingerprint density at radius 1 is 0.250 bits per heavy atom. The lowest BCUT2D eigenvalue weighted by atomic mass is 10.1. The van der Waals surface area contributed by atoms with Gasteiger partial charge in [0.25, 0.3) is 0 Å². The molecule has 0 saturated heterocycles. The van der Waals surface area contributed by atoms with Crippen LogP contribution in [-0.4, -0.2) is 101 Å². The number of esters is 8. The Morgan fingerprint density at radius 2 is 0.391 bits per heavy atom. The molecule has 0 saturated carbocycles. The summed E-state index contributed by atoms with van der Waals surface area (Å²) in [5.74, 6) is -7.30. The maximum atomic E-state index is 12.9. The third kappa shape index (κ3) is 15.5. The van der Waals surface area contributed by atoms with Crippen LogP contribution in [0.4, 0.5) is 0 Å². The molecule has 7 aliphatic rings. The summed E-state index contributed by atoms with van der Waals surface area (Å²) in [6, 6.07) is 19.7. The lowest BCUT2D eigenvalue weighted by molar-refractivity contribution is 0.0427. The van der Waals surface area contributed by atoms with Crippen molar-refractivity contribution in [2.24, 2.45) is 0 Å². The van der Waals surface area contributed by atoms with Crippen LogP contribution in [0.3, 0.4) is 0 Å². The summed E-state index contributed by atoms with van der Waals surface area (Å²) in [6.07, 6.45) is -6.17. The van der Waals surface area contributed by atoms with Crippen molar-refractivity contribution in [1.29, 1.82) is 0 Å². The van der Waals surface area contributed by atoms with Crippen molar-refractivity contribution in [2.45, 2.75) is 51.3 Å². The van der Waals surface area contributed by atoms with E-state index in [0.29, 0.717) is 25.7 Å². The number of hydrogen-bond donors (Lipinski definition) is 0. The summed E-state index contributed by atoms with van der Waals surface area (Å²) >= 11 is 0. The molecular formula is C48H48O16. The first-order valence-corrected chi connectivity index (χ1v) is 19.9. The number of hydrogen-bond acceptors (Lipinski definition) is 16. The number of rotatable bonds is 0. The highest BCUT2D eigenvalue weighted by Crippen LogP contribution is 2.14. The molecule has 64 heavy (non-hydrogen) atoms. The average molecular weight is 889 g/mol. The first-order chi connectivity index (χ1) is 34.0. The minimum absolute atomic E-state index is 0.0334. The van der Waals surface area contributed by atoms with E-state index in [1.54, 1.807) is 0 Å². The summed E-state index contributed by atoms with van der Waals surface area (Å²) in [5, 5.41) is 0. The van der Waals surface area contributed by atoms with Crippen molar-refractivity contribution in [3.63, 3.8) is 0 Å². The number of carbonyl (C=O) groups excluding carboxylic acids is 8. The van der Waals surface area contributed by atoms with Crippen LogP contribution in [0.2, 0.25) is 0 Å². The zero-order valence-corrected chi connectivity index (χ0v) is 34.3. The molecule has 0 N–H and O–H groups in total. The first-order valence-electron chi connectivity index (χ1n) is 23.9. The van der Waals surface area contributed by atoms with Gasteiger partial charge >= 0.3 is 47.8 Å². The Hall–Kier alpha value is -7.36. The van der Waals surface area contributed by atoms with E-state index in [-0.39, 0.29) is 85.9 Å². The smallest absolute Gasteiger partial charge is 0.338 e. The molecule has 0 radical (unpaired) electrons. The van der Waals surface area contributed by atoms with Crippen molar-refractivity contribution in [3.05, 3.63) is 142 Å². The van der Waals surface area contributed by atoms with E-state index < -0.39 is 84.7 Å². The maximum Gasteiger partial charge on any atom is 0.338 e. The molecule has 4 aromatic rings.